The predicted molar refractivity (Wildman–Crippen MR) is 93.6 cm³/mol. The summed E-state index contributed by atoms with van der Waals surface area (Å²) in [6.07, 6.45) is 5.02. The highest BCUT2D eigenvalue weighted by atomic mass is 16.5. The van der Waals surface area contributed by atoms with E-state index in [-0.39, 0.29) is 5.78 Å². The van der Waals surface area contributed by atoms with Crippen LogP contribution in [0.25, 0.3) is 11.1 Å². The standard InChI is InChI=1S/C19H18N2O4/c1-23-16-8-12(9-17(24-2)19(16)25-3)13-10-20-11-14(13)18(22)15-6-4-5-7-21-15/h4-11,20H,1-3H3. The molecular formula is C19H18N2O4. The van der Waals surface area contributed by atoms with Gasteiger partial charge in [0.25, 0.3) is 0 Å². The maximum atomic E-state index is 12.8. The van der Waals surface area contributed by atoms with Gasteiger partial charge in [-0.3, -0.25) is 9.78 Å². The zero-order valence-electron chi connectivity index (χ0n) is 14.2. The van der Waals surface area contributed by atoms with Crippen LogP contribution in [0.2, 0.25) is 0 Å². The molecule has 3 aromatic rings. The Labute approximate surface area is 145 Å². The molecule has 3 rings (SSSR count). The number of methoxy groups -OCH3 is 3. The second-order valence-electron chi connectivity index (χ2n) is 5.24. The van der Waals surface area contributed by atoms with Gasteiger partial charge in [0, 0.05) is 29.7 Å². The van der Waals surface area contributed by atoms with E-state index in [4.69, 9.17) is 14.2 Å². The number of rotatable bonds is 6. The third kappa shape index (κ3) is 3.06. The van der Waals surface area contributed by atoms with Crippen LogP contribution in [-0.2, 0) is 0 Å². The monoisotopic (exact) mass is 338 g/mol. The summed E-state index contributed by atoms with van der Waals surface area (Å²) in [7, 11) is 4.66. The van der Waals surface area contributed by atoms with Crippen molar-refractivity contribution in [2.45, 2.75) is 0 Å². The number of aromatic nitrogens is 2. The zero-order valence-corrected chi connectivity index (χ0v) is 14.2. The van der Waals surface area contributed by atoms with Crippen molar-refractivity contribution in [3.63, 3.8) is 0 Å². The first kappa shape index (κ1) is 16.6. The Morgan fingerprint density at radius 3 is 2.28 bits per heavy atom. The molecule has 0 spiro atoms. The lowest BCUT2D eigenvalue weighted by molar-refractivity contribution is 0.103. The Balaban J connectivity index is 2.10. The van der Waals surface area contributed by atoms with E-state index in [0.717, 1.165) is 11.1 Å². The second-order valence-corrected chi connectivity index (χ2v) is 5.24. The van der Waals surface area contributed by atoms with Gasteiger partial charge >= 0.3 is 0 Å². The fourth-order valence-electron chi connectivity index (χ4n) is 2.66. The van der Waals surface area contributed by atoms with Gasteiger partial charge in [-0.15, -0.1) is 0 Å². The summed E-state index contributed by atoms with van der Waals surface area (Å²) in [4.78, 5) is 19.9. The van der Waals surface area contributed by atoms with Crippen LogP contribution in [0.5, 0.6) is 17.2 Å². The average molecular weight is 338 g/mol. The van der Waals surface area contributed by atoms with Crippen molar-refractivity contribution in [1.82, 2.24) is 9.97 Å². The molecule has 2 heterocycles. The molecule has 0 unspecified atom stereocenters. The fraction of sp³-hybridized carbons (Fsp3) is 0.158. The molecule has 1 aromatic carbocycles. The van der Waals surface area contributed by atoms with Crippen molar-refractivity contribution in [1.29, 1.82) is 0 Å². The fourth-order valence-corrected chi connectivity index (χ4v) is 2.66. The summed E-state index contributed by atoms with van der Waals surface area (Å²) in [5.41, 5.74) is 2.41. The molecule has 2 aromatic heterocycles. The highest BCUT2D eigenvalue weighted by molar-refractivity contribution is 6.11. The van der Waals surface area contributed by atoms with Crippen LogP contribution in [0.4, 0.5) is 0 Å². The number of aromatic amines is 1. The summed E-state index contributed by atoms with van der Waals surface area (Å²) in [5.74, 6) is 1.39. The molecule has 0 saturated heterocycles. The highest BCUT2D eigenvalue weighted by Crippen LogP contribution is 2.42. The first-order valence-corrected chi connectivity index (χ1v) is 7.62. The van der Waals surface area contributed by atoms with Gasteiger partial charge in [-0.25, -0.2) is 0 Å². The smallest absolute Gasteiger partial charge is 0.213 e. The van der Waals surface area contributed by atoms with Gasteiger partial charge in [-0.1, -0.05) is 6.07 Å². The number of nitrogens with one attached hydrogen (secondary N) is 1. The van der Waals surface area contributed by atoms with E-state index >= 15 is 0 Å². The molecule has 0 aliphatic rings. The maximum absolute atomic E-state index is 12.8. The Morgan fingerprint density at radius 2 is 1.72 bits per heavy atom. The van der Waals surface area contributed by atoms with Crippen LogP contribution in [0.1, 0.15) is 16.1 Å². The quantitative estimate of drug-likeness (QED) is 0.698. The minimum Gasteiger partial charge on any atom is -0.493 e. The minimum atomic E-state index is -0.161. The Hall–Kier alpha value is -3.28. The highest BCUT2D eigenvalue weighted by Gasteiger charge is 2.20. The number of pyridine rings is 1. The number of hydrogen-bond acceptors (Lipinski definition) is 5. The number of hydrogen-bond donors (Lipinski definition) is 1. The molecular weight excluding hydrogens is 320 g/mol. The first-order valence-electron chi connectivity index (χ1n) is 7.62. The SMILES string of the molecule is COc1cc(-c2c[nH]cc2C(=O)c2ccccn2)cc(OC)c1OC. The molecule has 0 amide bonds. The van der Waals surface area contributed by atoms with Crippen molar-refractivity contribution >= 4 is 5.78 Å². The molecule has 0 saturated carbocycles. The Bertz CT molecular complexity index is 862. The molecule has 0 bridgehead atoms. The van der Waals surface area contributed by atoms with Crippen molar-refractivity contribution < 1.29 is 19.0 Å². The summed E-state index contributed by atoms with van der Waals surface area (Å²) >= 11 is 0. The largest absolute Gasteiger partial charge is 0.493 e. The van der Waals surface area contributed by atoms with E-state index in [9.17, 15) is 4.79 Å². The number of ketones is 1. The van der Waals surface area contributed by atoms with Crippen LogP contribution in [-0.4, -0.2) is 37.1 Å². The number of ether oxygens (including phenoxy) is 3. The van der Waals surface area contributed by atoms with Crippen LogP contribution < -0.4 is 14.2 Å². The van der Waals surface area contributed by atoms with Crippen LogP contribution in [0.15, 0.2) is 48.9 Å². The summed E-state index contributed by atoms with van der Waals surface area (Å²) in [5, 5.41) is 0. The van der Waals surface area contributed by atoms with E-state index in [1.54, 1.807) is 70.3 Å². The van der Waals surface area contributed by atoms with Gasteiger partial charge in [0.2, 0.25) is 11.5 Å². The second kappa shape index (κ2) is 7.09. The third-order valence-electron chi connectivity index (χ3n) is 3.86. The number of carbonyl (C=O) groups is 1. The van der Waals surface area contributed by atoms with E-state index in [1.807, 2.05) is 0 Å². The first-order chi connectivity index (χ1) is 12.2. The summed E-state index contributed by atoms with van der Waals surface area (Å²) in [6.45, 7) is 0. The zero-order chi connectivity index (χ0) is 17.8. The van der Waals surface area contributed by atoms with Gasteiger partial charge in [-0.2, -0.15) is 0 Å². The summed E-state index contributed by atoms with van der Waals surface area (Å²) in [6, 6.07) is 8.85. The van der Waals surface area contributed by atoms with Crippen molar-refractivity contribution in [3.05, 3.63) is 60.2 Å². The Kier molecular flexibility index (Phi) is 4.70. The van der Waals surface area contributed by atoms with E-state index < -0.39 is 0 Å². The topological polar surface area (TPSA) is 73.4 Å². The van der Waals surface area contributed by atoms with Crippen molar-refractivity contribution in [2.24, 2.45) is 0 Å². The van der Waals surface area contributed by atoms with Crippen molar-refractivity contribution in [3.8, 4) is 28.4 Å². The lowest BCUT2D eigenvalue weighted by Gasteiger charge is -2.14. The van der Waals surface area contributed by atoms with Crippen LogP contribution in [0.3, 0.4) is 0 Å². The molecule has 6 nitrogen and oxygen atoms in total. The van der Waals surface area contributed by atoms with Gasteiger partial charge < -0.3 is 19.2 Å². The molecule has 6 heteroatoms. The molecule has 0 aliphatic heterocycles. The van der Waals surface area contributed by atoms with E-state index in [1.165, 1.54) is 0 Å². The number of H-pyrrole nitrogens is 1. The van der Waals surface area contributed by atoms with Crippen LogP contribution >= 0.6 is 0 Å². The molecule has 0 aliphatic carbocycles. The molecule has 0 atom stereocenters. The van der Waals surface area contributed by atoms with Gasteiger partial charge in [0.15, 0.2) is 11.5 Å². The summed E-state index contributed by atoms with van der Waals surface area (Å²) < 4.78 is 16.1. The molecule has 25 heavy (non-hydrogen) atoms. The number of benzene rings is 1. The van der Waals surface area contributed by atoms with E-state index in [0.29, 0.717) is 28.5 Å². The lowest BCUT2D eigenvalue weighted by Crippen LogP contribution is -2.04. The van der Waals surface area contributed by atoms with Crippen LogP contribution in [0, 0.1) is 0 Å². The minimum absolute atomic E-state index is 0.161. The number of carbonyl (C=O) groups excluding carboxylic acids is 1. The lowest BCUT2D eigenvalue weighted by atomic mass is 9.99. The van der Waals surface area contributed by atoms with Gasteiger partial charge in [0.1, 0.15) is 5.69 Å². The molecule has 1 N–H and O–H groups in total. The molecule has 0 fully saturated rings. The molecule has 128 valence electrons. The Morgan fingerprint density at radius 1 is 1.00 bits per heavy atom. The molecule has 0 radical (unpaired) electrons. The third-order valence-corrected chi connectivity index (χ3v) is 3.86. The van der Waals surface area contributed by atoms with Gasteiger partial charge in [-0.05, 0) is 29.8 Å². The van der Waals surface area contributed by atoms with Crippen molar-refractivity contribution in [2.75, 3.05) is 21.3 Å². The van der Waals surface area contributed by atoms with E-state index in [2.05, 4.69) is 9.97 Å². The normalized spacial score (nSPS) is 10.4. The van der Waals surface area contributed by atoms with Gasteiger partial charge in [0.05, 0.1) is 21.3 Å². The average Bonchev–Trinajstić information content (AvgIpc) is 3.16. The predicted octanol–water partition coefficient (Wildman–Crippen LogP) is 3.33. The maximum Gasteiger partial charge on any atom is 0.213 e. The number of nitrogens with zero attached hydrogens (tertiary/aromatic N) is 1.